The molecule has 2 N–H and O–H groups in total. The molecule has 0 aromatic heterocycles. The van der Waals surface area contributed by atoms with Crippen molar-refractivity contribution in [3.8, 4) is 5.75 Å². The molecule has 1 saturated heterocycles. The van der Waals surface area contributed by atoms with Crippen molar-refractivity contribution in [2.45, 2.75) is 44.8 Å². The third-order valence-corrected chi connectivity index (χ3v) is 6.47. The van der Waals surface area contributed by atoms with E-state index in [-0.39, 0.29) is 17.7 Å². The van der Waals surface area contributed by atoms with Crippen LogP contribution in [0.15, 0.2) is 51.9 Å². The van der Waals surface area contributed by atoms with Crippen molar-refractivity contribution >= 4 is 27.5 Å². The molecule has 0 unspecified atom stereocenters. The normalized spacial score (nSPS) is 21.1. The molecule has 2 aliphatic rings. The molecule has 1 atom stereocenters. The minimum Gasteiger partial charge on any atom is -0.508 e. The van der Waals surface area contributed by atoms with E-state index in [1.165, 1.54) is 5.56 Å². The number of phenols is 1. The molecule has 0 bridgehead atoms. The van der Waals surface area contributed by atoms with Gasteiger partial charge in [-0.1, -0.05) is 45.8 Å². The standard InChI is InChI=1S/C23H26BrN3O2/c1-15-3-5-17(6-4-15)20-14-21(19-13-18(24)7-8-22(19)29)26-23(25-20)9-11-27(12-10-23)16(2)28/h3-8,13,21,26,29H,9-12,14H2,1-2H3/t21-/m1/s1. The van der Waals surface area contributed by atoms with Gasteiger partial charge in [-0.2, -0.15) is 0 Å². The molecule has 29 heavy (non-hydrogen) atoms. The van der Waals surface area contributed by atoms with Gasteiger partial charge in [-0.25, -0.2) is 0 Å². The maximum atomic E-state index is 11.8. The maximum Gasteiger partial charge on any atom is 0.219 e. The number of carbonyl (C=O) groups is 1. The van der Waals surface area contributed by atoms with Crippen LogP contribution in [0.4, 0.5) is 0 Å². The Morgan fingerprint density at radius 1 is 1.21 bits per heavy atom. The summed E-state index contributed by atoms with van der Waals surface area (Å²) >= 11 is 3.53. The van der Waals surface area contributed by atoms with Gasteiger partial charge < -0.3 is 10.0 Å². The van der Waals surface area contributed by atoms with Gasteiger partial charge in [0.2, 0.25) is 5.91 Å². The van der Waals surface area contributed by atoms with Gasteiger partial charge in [-0.3, -0.25) is 15.1 Å². The fourth-order valence-corrected chi connectivity index (χ4v) is 4.65. The second kappa shape index (κ2) is 7.92. The Hall–Kier alpha value is -2.18. The minimum atomic E-state index is -0.427. The number of aryl methyl sites for hydroxylation is 1. The number of rotatable bonds is 2. The molecule has 0 radical (unpaired) electrons. The molecule has 1 amide bonds. The Bertz CT molecular complexity index is 947. The lowest BCUT2D eigenvalue weighted by molar-refractivity contribution is -0.130. The summed E-state index contributed by atoms with van der Waals surface area (Å²) in [5, 5.41) is 14.2. The van der Waals surface area contributed by atoms with E-state index in [1.54, 1.807) is 13.0 Å². The van der Waals surface area contributed by atoms with Gasteiger partial charge >= 0.3 is 0 Å². The first-order chi connectivity index (χ1) is 13.8. The zero-order valence-electron chi connectivity index (χ0n) is 16.8. The quantitative estimate of drug-likeness (QED) is 0.708. The van der Waals surface area contributed by atoms with E-state index in [2.05, 4.69) is 52.4 Å². The van der Waals surface area contributed by atoms with Crippen molar-refractivity contribution < 1.29 is 9.90 Å². The number of benzene rings is 2. The van der Waals surface area contributed by atoms with Crippen LogP contribution in [0.1, 0.15) is 48.9 Å². The monoisotopic (exact) mass is 455 g/mol. The molecule has 0 aliphatic carbocycles. The lowest BCUT2D eigenvalue weighted by atomic mass is 9.87. The number of aromatic hydroxyl groups is 1. The lowest BCUT2D eigenvalue weighted by Gasteiger charge is -2.45. The van der Waals surface area contributed by atoms with E-state index in [1.807, 2.05) is 17.0 Å². The van der Waals surface area contributed by atoms with Crippen molar-refractivity contribution in [2.75, 3.05) is 13.1 Å². The number of hydrogen-bond acceptors (Lipinski definition) is 4. The van der Waals surface area contributed by atoms with Crippen LogP contribution in [0.3, 0.4) is 0 Å². The van der Waals surface area contributed by atoms with E-state index < -0.39 is 5.66 Å². The Labute approximate surface area is 180 Å². The number of hydrogen-bond donors (Lipinski definition) is 2. The molecule has 2 aliphatic heterocycles. The molecule has 1 spiro atoms. The first-order valence-corrected chi connectivity index (χ1v) is 10.8. The second-order valence-electron chi connectivity index (χ2n) is 8.07. The number of amides is 1. The Kier molecular flexibility index (Phi) is 5.49. The average molecular weight is 456 g/mol. The van der Waals surface area contributed by atoms with Crippen molar-refractivity contribution in [3.63, 3.8) is 0 Å². The van der Waals surface area contributed by atoms with Gasteiger partial charge in [-0.15, -0.1) is 0 Å². The predicted molar refractivity (Wildman–Crippen MR) is 118 cm³/mol. The van der Waals surface area contributed by atoms with Gasteiger partial charge in [0.25, 0.3) is 0 Å². The van der Waals surface area contributed by atoms with Gasteiger partial charge in [0.15, 0.2) is 0 Å². The number of nitrogens with zero attached hydrogens (tertiary/aromatic N) is 2. The Balaban J connectivity index is 1.71. The van der Waals surface area contributed by atoms with Crippen molar-refractivity contribution in [1.29, 1.82) is 0 Å². The summed E-state index contributed by atoms with van der Waals surface area (Å²) in [5.74, 6) is 0.395. The van der Waals surface area contributed by atoms with Gasteiger partial charge in [0.1, 0.15) is 11.4 Å². The van der Waals surface area contributed by atoms with Crippen molar-refractivity contribution in [2.24, 2.45) is 4.99 Å². The van der Waals surface area contributed by atoms with Crippen LogP contribution in [0.2, 0.25) is 0 Å². The molecule has 5 nitrogen and oxygen atoms in total. The Morgan fingerprint density at radius 3 is 2.55 bits per heavy atom. The van der Waals surface area contributed by atoms with Crippen LogP contribution >= 0.6 is 15.9 Å². The summed E-state index contributed by atoms with van der Waals surface area (Å²) in [6, 6.07) is 14.0. The first kappa shape index (κ1) is 20.1. The lowest BCUT2D eigenvalue weighted by Crippen LogP contribution is -2.56. The molecule has 6 heteroatoms. The molecule has 4 rings (SSSR count). The average Bonchev–Trinajstić information content (AvgIpc) is 2.70. The summed E-state index contributed by atoms with van der Waals surface area (Å²) in [5.41, 5.74) is 3.82. The highest BCUT2D eigenvalue weighted by atomic mass is 79.9. The molecular formula is C23H26BrN3O2. The molecule has 2 aromatic carbocycles. The second-order valence-corrected chi connectivity index (χ2v) is 8.98. The third kappa shape index (κ3) is 4.23. The fraction of sp³-hybridized carbons (Fsp3) is 0.391. The highest BCUT2D eigenvalue weighted by Gasteiger charge is 2.41. The zero-order valence-corrected chi connectivity index (χ0v) is 18.4. The minimum absolute atomic E-state index is 0.0508. The number of piperidine rings is 1. The summed E-state index contributed by atoms with van der Waals surface area (Å²) in [7, 11) is 0. The highest BCUT2D eigenvalue weighted by molar-refractivity contribution is 9.10. The van der Waals surface area contributed by atoms with E-state index in [0.29, 0.717) is 19.5 Å². The largest absolute Gasteiger partial charge is 0.508 e. The van der Waals surface area contributed by atoms with Gasteiger partial charge in [-0.05, 0) is 30.7 Å². The molecule has 0 saturated carbocycles. The van der Waals surface area contributed by atoms with Crippen LogP contribution in [-0.2, 0) is 4.79 Å². The van der Waals surface area contributed by atoms with Crippen LogP contribution < -0.4 is 5.32 Å². The van der Waals surface area contributed by atoms with Crippen molar-refractivity contribution in [1.82, 2.24) is 10.2 Å². The molecule has 2 aromatic rings. The van der Waals surface area contributed by atoms with Gasteiger partial charge in [0.05, 0.1) is 0 Å². The molecule has 2 heterocycles. The van der Waals surface area contributed by atoms with E-state index in [9.17, 15) is 9.90 Å². The number of likely N-dealkylation sites (tertiary alicyclic amines) is 1. The highest BCUT2D eigenvalue weighted by Crippen LogP contribution is 2.38. The number of halogens is 1. The zero-order chi connectivity index (χ0) is 20.6. The molecular weight excluding hydrogens is 430 g/mol. The summed E-state index contributed by atoms with van der Waals surface area (Å²) < 4.78 is 0.937. The molecule has 1 fully saturated rings. The number of aliphatic imine (C=N–C) groups is 1. The van der Waals surface area contributed by atoms with E-state index >= 15 is 0 Å². The van der Waals surface area contributed by atoms with E-state index in [4.69, 9.17) is 4.99 Å². The van der Waals surface area contributed by atoms with Crippen LogP contribution in [-0.4, -0.2) is 40.4 Å². The number of phenolic OH excluding ortho intramolecular Hbond substituents is 1. The topological polar surface area (TPSA) is 64.9 Å². The van der Waals surface area contributed by atoms with E-state index in [0.717, 1.165) is 34.2 Å². The summed E-state index contributed by atoms with van der Waals surface area (Å²) in [6.45, 7) is 5.07. The maximum absolute atomic E-state index is 11.8. The number of carbonyl (C=O) groups excluding carboxylic acids is 1. The van der Waals surface area contributed by atoms with Gasteiger partial charge in [0, 0.05) is 61.1 Å². The third-order valence-electron chi connectivity index (χ3n) is 5.98. The van der Waals surface area contributed by atoms with Crippen LogP contribution in [0, 0.1) is 6.92 Å². The van der Waals surface area contributed by atoms with Crippen LogP contribution in [0.5, 0.6) is 5.75 Å². The predicted octanol–water partition coefficient (Wildman–Crippen LogP) is 4.33. The first-order valence-electron chi connectivity index (χ1n) is 10.0. The summed E-state index contributed by atoms with van der Waals surface area (Å²) in [6.07, 6.45) is 2.21. The molecule has 152 valence electrons. The van der Waals surface area contributed by atoms with Crippen molar-refractivity contribution in [3.05, 3.63) is 63.6 Å². The SMILES string of the molecule is CC(=O)N1CCC2(CC1)N=C(c1ccc(C)cc1)C[C@H](c1cc(Br)ccc1O)N2. The fourth-order valence-electron chi connectivity index (χ4n) is 4.27. The van der Waals surface area contributed by atoms with Crippen LogP contribution in [0.25, 0.3) is 0 Å². The Morgan fingerprint density at radius 2 is 1.90 bits per heavy atom. The number of nitrogens with one attached hydrogen (secondary N) is 1. The summed E-state index contributed by atoms with van der Waals surface area (Å²) in [4.78, 5) is 18.8. The smallest absolute Gasteiger partial charge is 0.219 e.